The summed E-state index contributed by atoms with van der Waals surface area (Å²) in [6.45, 7) is 4.35. The van der Waals surface area contributed by atoms with E-state index >= 15 is 0 Å². The van der Waals surface area contributed by atoms with Crippen LogP contribution < -0.4 is 5.32 Å². The van der Waals surface area contributed by atoms with Crippen LogP contribution in [0.25, 0.3) is 5.65 Å². The highest BCUT2D eigenvalue weighted by Gasteiger charge is 2.24. The molecule has 0 radical (unpaired) electrons. The number of rotatable bonds is 2. The van der Waals surface area contributed by atoms with E-state index in [1.165, 1.54) is 25.1 Å². The zero-order chi connectivity index (χ0) is 16.9. The van der Waals surface area contributed by atoms with Crippen LogP contribution in [0.4, 0.5) is 13.2 Å². The van der Waals surface area contributed by atoms with Crippen molar-refractivity contribution in [2.24, 2.45) is 5.92 Å². The molecule has 2 aromatic heterocycles. The van der Waals surface area contributed by atoms with Crippen LogP contribution >= 0.6 is 0 Å². The predicted molar refractivity (Wildman–Crippen MR) is 79.1 cm³/mol. The second-order valence-corrected chi connectivity index (χ2v) is 5.57. The number of fused-ring (bicyclic) bond motifs is 1. The highest BCUT2D eigenvalue weighted by Crippen LogP contribution is 2.17. The van der Waals surface area contributed by atoms with E-state index in [-0.39, 0.29) is 0 Å². The second kappa shape index (κ2) is 7.54. The first-order valence-corrected chi connectivity index (χ1v) is 7.43. The van der Waals surface area contributed by atoms with Crippen molar-refractivity contribution in [3.8, 4) is 0 Å². The van der Waals surface area contributed by atoms with E-state index in [1.54, 1.807) is 0 Å². The number of piperidine rings is 1. The Morgan fingerprint density at radius 1 is 1.48 bits per heavy atom. The Kier molecular flexibility index (Phi) is 5.70. The number of aryl methyl sites for hydroxylation is 1. The van der Waals surface area contributed by atoms with E-state index in [0.717, 1.165) is 30.2 Å². The molecule has 1 N–H and O–H groups in total. The second-order valence-electron chi connectivity index (χ2n) is 5.57. The Balaban J connectivity index is 0.000000277. The molecule has 1 aliphatic rings. The van der Waals surface area contributed by atoms with Crippen molar-refractivity contribution in [3.05, 3.63) is 29.7 Å². The zero-order valence-electron chi connectivity index (χ0n) is 12.8. The Morgan fingerprint density at radius 2 is 2.22 bits per heavy atom. The van der Waals surface area contributed by atoms with E-state index in [0.29, 0.717) is 0 Å². The smallest absolute Gasteiger partial charge is 0.316 e. The third-order valence-electron chi connectivity index (χ3n) is 3.59. The molecule has 1 fully saturated rings. The summed E-state index contributed by atoms with van der Waals surface area (Å²) in [5, 5.41) is 7.83. The third-order valence-corrected chi connectivity index (χ3v) is 3.59. The minimum absolute atomic E-state index is 0.734. The van der Waals surface area contributed by atoms with Gasteiger partial charge in [0.25, 0.3) is 0 Å². The average Bonchev–Trinajstić information content (AvgIpc) is 2.96. The summed E-state index contributed by atoms with van der Waals surface area (Å²) in [5.41, 5.74) is 3.33. The molecule has 0 aliphatic carbocycles. The maximum Gasteiger partial charge on any atom is 0.446 e. The van der Waals surface area contributed by atoms with Gasteiger partial charge in [-0.3, -0.25) is 4.79 Å². The van der Waals surface area contributed by atoms with Gasteiger partial charge in [0.05, 0.1) is 6.20 Å². The molecule has 3 rings (SSSR count). The summed E-state index contributed by atoms with van der Waals surface area (Å²) in [7, 11) is 0. The number of nitrogens with zero attached hydrogens (tertiary/aromatic N) is 3. The molecule has 0 saturated carbocycles. The highest BCUT2D eigenvalue weighted by molar-refractivity contribution is 5.56. The zero-order valence-corrected chi connectivity index (χ0v) is 12.8. The van der Waals surface area contributed by atoms with E-state index in [9.17, 15) is 13.2 Å². The van der Waals surface area contributed by atoms with Gasteiger partial charge in [-0.05, 0) is 51.3 Å². The summed E-state index contributed by atoms with van der Waals surface area (Å²) in [5.74, 6) is 0.734. The maximum atomic E-state index is 10.4. The molecule has 2 aromatic rings. The van der Waals surface area contributed by atoms with Gasteiger partial charge in [0, 0.05) is 17.5 Å². The van der Waals surface area contributed by atoms with Gasteiger partial charge in [-0.1, -0.05) is 0 Å². The standard InChI is InChI=1S/C13H18N4.C2HF3O/c1-10-7-12(8-11-3-2-5-14-9-11)17-13(16-10)4-6-15-17;3-2(4,5)1-6/h4,6-7,11,14H,2-3,5,8-9H2,1H3;1H. The number of hydrogen-bond donors (Lipinski definition) is 1. The lowest BCUT2D eigenvalue weighted by molar-refractivity contribution is -0.156. The minimum Gasteiger partial charge on any atom is -0.316 e. The predicted octanol–water partition coefficient (Wildman–Crippen LogP) is 2.33. The Morgan fingerprint density at radius 3 is 2.83 bits per heavy atom. The summed E-state index contributed by atoms with van der Waals surface area (Å²) in [6, 6.07) is 4.13. The van der Waals surface area contributed by atoms with Crippen LogP contribution in [0.2, 0.25) is 0 Å². The van der Waals surface area contributed by atoms with Crippen LogP contribution in [-0.4, -0.2) is 40.2 Å². The average molecular weight is 328 g/mol. The molecule has 1 aliphatic heterocycles. The third kappa shape index (κ3) is 5.31. The van der Waals surface area contributed by atoms with Gasteiger partial charge >= 0.3 is 6.18 Å². The molecule has 23 heavy (non-hydrogen) atoms. The normalized spacial score (nSPS) is 18.3. The molecule has 3 heterocycles. The molecule has 8 heteroatoms. The lowest BCUT2D eigenvalue weighted by atomic mass is 9.94. The summed E-state index contributed by atoms with van der Waals surface area (Å²) >= 11 is 0. The van der Waals surface area contributed by atoms with Crippen LogP contribution in [0.3, 0.4) is 0 Å². The van der Waals surface area contributed by atoms with Crippen LogP contribution in [0, 0.1) is 12.8 Å². The van der Waals surface area contributed by atoms with E-state index in [4.69, 9.17) is 4.79 Å². The number of carbonyl (C=O) groups is 1. The number of carbonyl (C=O) groups excluding carboxylic acids is 1. The molecule has 126 valence electrons. The first-order chi connectivity index (χ1) is 10.9. The topological polar surface area (TPSA) is 59.3 Å². The number of nitrogens with one attached hydrogen (secondary N) is 1. The largest absolute Gasteiger partial charge is 0.446 e. The molecular weight excluding hydrogens is 309 g/mol. The van der Waals surface area contributed by atoms with Gasteiger partial charge < -0.3 is 5.32 Å². The van der Waals surface area contributed by atoms with Crippen LogP contribution in [0.1, 0.15) is 24.2 Å². The van der Waals surface area contributed by atoms with E-state index < -0.39 is 12.5 Å². The molecular formula is C15H19F3N4O. The summed E-state index contributed by atoms with van der Waals surface area (Å²) in [6.07, 6.45) is -0.181. The summed E-state index contributed by atoms with van der Waals surface area (Å²) in [4.78, 5) is 13.2. The first-order valence-electron chi connectivity index (χ1n) is 7.43. The van der Waals surface area contributed by atoms with Crippen molar-refractivity contribution in [1.29, 1.82) is 0 Å². The monoisotopic (exact) mass is 328 g/mol. The van der Waals surface area contributed by atoms with Gasteiger partial charge in [-0.2, -0.15) is 18.3 Å². The van der Waals surface area contributed by atoms with Gasteiger partial charge in [0.1, 0.15) is 0 Å². The number of alkyl halides is 3. The number of halogens is 3. The van der Waals surface area contributed by atoms with Gasteiger partial charge in [0.2, 0.25) is 6.29 Å². The molecule has 0 spiro atoms. The van der Waals surface area contributed by atoms with Crippen molar-refractivity contribution in [1.82, 2.24) is 19.9 Å². The van der Waals surface area contributed by atoms with Gasteiger partial charge in [0.15, 0.2) is 5.65 Å². The highest BCUT2D eigenvalue weighted by atomic mass is 19.4. The molecule has 5 nitrogen and oxygen atoms in total. The van der Waals surface area contributed by atoms with Crippen molar-refractivity contribution in [3.63, 3.8) is 0 Å². The number of hydrogen-bond acceptors (Lipinski definition) is 4. The Bertz CT molecular complexity index is 648. The van der Waals surface area contributed by atoms with E-state index in [2.05, 4.69) is 28.4 Å². The fourth-order valence-electron chi connectivity index (χ4n) is 2.66. The van der Waals surface area contributed by atoms with E-state index in [1.807, 2.05) is 16.8 Å². The fourth-order valence-corrected chi connectivity index (χ4v) is 2.66. The fraction of sp³-hybridized carbons (Fsp3) is 0.533. The molecule has 0 aromatic carbocycles. The molecule has 1 unspecified atom stereocenters. The lowest BCUT2D eigenvalue weighted by Gasteiger charge is -2.22. The summed E-state index contributed by atoms with van der Waals surface area (Å²) < 4.78 is 33.2. The molecule has 0 bridgehead atoms. The molecule has 1 saturated heterocycles. The van der Waals surface area contributed by atoms with Gasteiger partial charge in [-0.25, -0.2) is 9.50 Å². The SMILES string of the molecule is Cc1cc(CC2CCCNC2)n2nccc2n1.O=CC(F)(F)F. The number of aromatic nitrogens is 3. The molecule has 1 atom stereocenters. The van der Waals surface area contributed by atoms with Gasteiger partial charge in [-0.15, -0.1) is 0 Å². The quantitative estimate of drug-likeness (QED) is 0.860. The van der Waals surface area contributed by atoms with Crippen molar-refractivity contribution in [2.45, 2.75) is 32.4 Å². The van der Waals surface area contributed by atoms with Crippen LogP contribution in [-0.2, 0) is 11.2 Å². The number of aldehydes is 1. The van der Waals surface area contributed by atoms with Crippen LogP contribution in [0.15, 0.2) is 18.3 Å². The molecule has 0 amide bonds. The van der Waals surface area contributed by atoms with Crippen molar-refractivity contribution < 1.29 is 18.0 Å². The Hall–Kier alpha value is -1.96. The maximum absolute atomic E-state index is 10.4. The van der Waals surface area contributed by atoms with Crippen molar-refractivity contribution >= 4 is 11.9 Å². The first kappa shape index (κ1) is 17.4. The Labute approximate surface area is 131 Å². The van der Waals surface area contributed by atoms with Crippen LogP contribution in [0.5, 0.6) is 0 Å². The van der Waals surface area contributed by atoms with Crippen molar-refractivity contribution in [2.75, 3.05) is 13.1 Å². The lowest BCUT2D eigenvalue weighted by Crippen LogP contribution is -2.31. The minimum atomic E-state index is -4.64.